The van der Waals surface area contributed by atoms with E-state index in [1.54, 1.807) is 31.0 Å². The van der Waals surface area contributed by atoms with Crippen LogP contribution < -0.4 is 15.2 Å². The van der Waals surface area contributed by atoms with E-state index in [1.165, 1.54) is 0 Å². The van der Waals surface area contributed by atoms with Gasteiger partial charge in [-0.1, -0.05) is 19.8 Å². The highest BCUT2D eigenvalue weighted by atomic mass is 16.5. The number of aryl methyl sites for hydroxylation is 1. The zero-order chi connectivity index (χ0) is 15.2. The molecule has 1 heterocycles. The maximum atomic E-state index is 6.09. The molecule has 7 heteroatoms. The Balaban J connectivity index is 2.36. The van der Waals surface area contributed by atoms with E-state index in [0.717, 1.165) is 31.4 Å². The summed E-state index contributed by atoms with van der Waals surface area (Å²) >= 11 is 0. The summed E-state index contributed by atoms with van der Waals surface area (Å²) in [5, 5.41) is 11.9. The molecule has 0 saturated carbocycles. The Hall–Kier alpha value is -2.31. The molecule has 2 N–H and O–H groups in total. The summed E-state index contributed by atoms with van der Waals surface area (Å²) in [6, 6.07) is 3.52. The predicted octanol–water partition coefficient (Wildman–Crippen LogP) is 2.13. The highest BCUT2D eigenvalue weighted by Crippen LogP contribution is 2.36. The molecule has 0 radical (unpaired) electrons. The fraction of sp³-hybridized carbons (Fsp3) is 0.500. The number of ether oxygens (including phenoxy) is 2. The van der Waals surface area contributed by atoms with Gasteiger partial charge < -0.3 is 15.2 Å². The molecular weight excluding hydrogens is 270 g/mol. The minimum absolute atomic E-state index is 0.555. The third-order valence-electron chi connectivity index (χ3n) is 3.30. The Labute approximate surface area is 124 Å². The van der Waals surface area contributed by atoms with E-state index in [-0.39, 0.29) is 0 Å². The molecule has 0 amide bonds. The van der Waals surface area contributed by atoms with E-state index in [2.05, 4.69) is 22.4 Å². The van der Waals surface area contributed by atoms with Gasteiger partial charge in [-0.15, -0.1) is 5.10 Å². The molecule has 0 unspecified atom stereocenters. The van der Waals surface area contributed by atoms with Crippen LogP contribution in [0.5, 0.6) is 11.5 Å². The van der Waals surface area contributed by atoms with Gasteiger partial charge in [-0.25, -0.2) is 4.68 Å². The van der Waals surface area contributed by atoms with Gasteiger partial charge in [0.15, 0.2) is 17.3 Å². The lowest BCUT2D eigenvalue weighted by Crippen LogP contribution is -2.05. The van der Waals surface area contributed by atoms with E-state index in [9.17, 15) is 0 Å². The van der Waals surface area contributed by atoms with Crippen LogP contribution in [0.1, 0.15) is 26.2 Å². The van der Waals surface area contributed by atoms with Crippen LogP contribution in [-0.4, -0.2) is 34.4 Å². The number of rotatable bonds is 7. The number of unbranched alkanes of at least 4 members (excludes halogenated alkanes) is 2. The van der Waals surface area contributed by atoms with E-state index in [4.69, 9.17) is 15.2 Å². The first-order chi connectivity index (χ1) is 10.2. The smallest absolute Gasteiger partial charge is 0.184 e. The molecule has 0 fully saturated rings. The summed E-state index contributed by atoms with van der Waals surface area (Å²) in [4.78, 5) is 0. The Bertz CT molecular complexity index is 597. The molecule has 0 atom stereocenters. The normalized spacial score (nSPS) is 10.6. The predicted molar refractivity (Wildman–Crippen MR) is 80.3 cm³/mol. The van der Waals surface area contributed by atoms with E-state index in [1.807, 2.05) is 0 Å². The van der Waals surface area contributed by atoms with Crippen molar-refractivity contribution in [2.45, 2.75) is 32.7 Å². The maximum absolute atomic E-state index is 6.09. The van der Waals surface area contributed by atoms with Crippen LogP contribution in [0.2, 0.25) is 0 Å². The molecule has 0 aliphatic heterocycles. The molecule has 0 aliphatic rings. The molecule has 0 saturated heterocycles. The molecular formula is C14H21N5O2. The summed E-state index contributed by atoms with van der Waals surface area (Å²) in [7, 11) is 3.16. The molecule has 2 rings (SSSR count). The highest BCUT2D eigenvalue weighted by Gasteiger charge is 2.16. The quantitative estimate of drug-likeness (QED) is 0.621. The zero-order valence-corrected chi connectivity index (χ0v) is 12.7. The summed E-state index contributed by atoms with van der Waals surface area (Å²) in [5.74, 6) is 1.83. The van der Waals surface area contributed by atoms with Gasteiger partial charge in [0.25, 0.3) is 0 Å². The molecule has 1 aromatic heterocycles. The number of anilines is 1. The van der Waals surface area contributed by atoms with Crippen molar-refractivity contribution in [3.8, 4) is 22.9 Å². The van der Waals surface area contributed by atoms with Crippen molar-refractivity contribution >= 4 is 5.69 Å². The Morgan fingerprint density at radius 2 is 1.86 bits per heavy atom. The number of tetrazole rings is 1. The molecule has 1 aromatic carbocycles. The van der Waals surface area contributed by atoms with Crippen LogP contribution in [0.4, 0.5) is 5.69 Å². The SMILES string of the molecule is CCCCCn1nnnc1-c1cc(OC)c(OC)cc1N. The topological polar surface area (TPSA) is 88.1 Å². The second-order valence-electron chi connectivity index (χ2n) is 4.73. The van der Waals surface area contributed by atoms with Crippen molar-refractivity contribution in [1.29, 1.82) is 0 Å². The highest BCUT2D eigenvalue weighted by molar-refractivity contribution is 5.75. The summed E-state index contributed by atoms with van der Waals surface area (Å²) in [5.41, 5.74) is 7.39. The standard InChI is InChI=1S/C14H21N5O2/c1-4-5-6-7-19-14(16-17-18-19)10-8-12(20-2)13(21-3)9-11(10)15/h8-9H,4-7,15H2,1-3H3. The maximum Gasteiger partial charge on any atom is 0.184 e. The van der Waals surface area contributed by atoms with Crippen molar-refractivity contribution in [3.63, 3.8) is 0 Å². The monoisotopic (exact) mass is 291 g/mol. The lowest BCUT2D eigenvalue weighted by molar-refractivity contribution is 0.355. The summed E-state index contributed by atoms with van der Waals surface area (Å²) < 4.78 is 12.3. The number of benzene rings is 1. The number of aromatic nitrogens is 4. The van der Waals surface area contributed by atoms with Crippen LogP contribution in [-0.2, 0) is 6.54 Å². The van der Waals surface area contributed by atoms with Crippen molar-refractivity contribution in [2.75, 3.05) is 20.0 Å². The Morgan fingerprint density at radius 3 is 2.52 bits per heavy atom. The van der Waals surface area contributed by atoms with E-state index < -0.39 is 0 Å². The van der Waals surface area contributed by atoms with Gasteiger partial charge in [0.2, 0.25) is 0 Å². The number of nitrogen functional groups attached to an aromatic ring is 1. The van der Waals surface area contributed by atoms with Gasteiger partial charge in [0, 0.05) is 23.9 Å². The van der Waals surface area contributed by atoms with Crippen LogP contribution in [0.25, 0.3) is 11.4 Å². The number of nitrogens with zero attached hydrogens (tertiary/aromatic N) is 4. The van der Waals surface area contributed by atoms with Gasteiger partial charge in [-0.05, 0) is 22.9 Å². The minimum Gasteiger partial charge on any atom is -0.493 e. The first kappa shape index (κ1) is 15.1. The second kappa shape index (κ2) is 6.92. The molecule has 7 nitrogen and oxygen atoms in total. The first-order valence-corrected chi connectivity index (χ1v) is 6.99. The Kier molecular flexibility index (Phi) is 4.97. The number of nitrogens with two attached hydrogens (primary N) is 1. The first-order valence-electron chi connectivity index (χ1n) is 6.99. The van der Waals surface area contributed by atoms with Crippen LogP contribution in [0.3, 0.4) is 0 Å². The third-order valence-corrected chi connectivity index (χ3v) is 3.30. The van der Waals surface area contributed by atoms with Crippen molar-refractivity contribution < 1.29 is 9.47 Å². The number of hydrogen-bond acceptors (Lipinski definition) is 6. The third kappa shape index (κ3) is 3.24. The fourth-order valence-electron chi connectivity index (χ4n) is 2.15. The molecule has 0 bridgehead atoms. The number of hydrogen-bond donors (Lipinski definition) is 1. The number of methoxy groups -OCH3 is 2. The van der Waals surface area contributed by atoms with Gasteiger partial charge >= 0.3 is 0 Å². The molecule has 21 heavy (non-hydrogen) atoms. The lowest BCUT2D eigenvalue weighted by Gasteiger charge is -2.12. The Morgan fingerprint density at radius 1 is 1.14 bits per heavy atom. The lowest BCUT2D eigenvalue weighted by atomic mass is 10.1. The van der Waals surface area contributed by atoms with Gasteiger partial charge in [-0.2, -0.15) is 0 Å². The summed E-state index contributed by atoms with van der Waals surface area (Å²) in [6.07, 6.45) is 3.32. The van der Waals surface area contributed by atoms with Crippen molar-refractivity contribution in [1.82, 2.24) is 20.2 Å². The average molecular weight is 291 g/mol. The zero-order valence-electron chi connectivity index (χ0n) is 12.7. The van der Waals surface area contributed by atoms with E-state index >= 15 is 0 Å². The molecule has 0 spiro atoms. The largest absolute Gasteiger partial charge is 0.493 e. The van der Waals surface area contributed by atoms with Crippen molar-refractivity contribution in [2.24, 2.45) is 0 Å². The van der Waals surface area contributed by atoms with Gasteiger partial charge in [0.05, 0.1) is 14.2 Å². The van der Waals surface area contributed by atoms with Crippen LogP contribution in [0.15, 0.2) is 12.1 Å². The molecule has 114 valence electrons. The van der Waals surface area contributed by atoms with E-state index in [0.29, 0.717) is 23.0 Å². The van der Waals surface area contributed by atoms with Crippen molar-refractivity contribution in [3.05, 3.63) is 12.1 Å². The van der Waals surface area contributed by atoms with Crippen LogP contribution >= 0.6 is 0 Å². The average Bonchev–Trinajstić information content (AvgIpc) is 2.95. The summed E-state index contributed by atoms with van der Waals surface area (Å²) in [6.45, 7) is 2.93. The minimum atomic E-state index is 0.555. The molecule has 2 aromatic rings. The van der Waals surface area contributed by atoms with Gasteiger partial charge in [0.1, 0.15) is 0 Å². The molecule has 0 aliphatic carbocycles. The van der Waals surface area contributed by atoms with Crippen LogP contribution in [0, 0.1) is 0 Å². The fourth-order valence-corrected chi connectivity index (χ4v) is 2.15. The second-order valence-corrected chi connectivity index (χ2v) is 4.73. The van der Waals surface area contributed by atoms with Gasteiger partial charge in [-0.3, -0.25) is 0 Å².